The first-order valence-electron chi connectivity index (χ1n) is 5.51. The van der Waals surface area contributed by atoms with Gasteiger partial charge in [-0.25, -0.2) is 4.79 Å². The fourth-order valence-corrected chi connectivity index (χ4v) is 2.31. The molecule has 0 saturated heterocycles. The lowest BCUT2D eigenvalue weighted by Gasteiger charge is -2.14. The number of hydrogen-bond acceptors (Lipinski definition) is 2. The SMILES string of the molecule is Cc1c(C(=O)O)c2ccccc2n1C(C)CO. The molecule has 0 radical (unpaired) electrons. The number of carbonyl (C=O) groups is 1. The van der Waals surface area contributed by atoms with Gasteiger partial charge in [-0.1, -0.05) is 18.2 Å². The van der Waals surface area contributed by atoms with E-state index in [1.807, 2.05) is 29.7 Å². The zero-order chi connectivity index (χ0) is 12.6. The lowest BCUT2D eigenvalue weighted by molar-refractivity contribution is 0.0697. The predicted molar refractivity (Wildman–Crippen MR) is 65.4 cm³/mol. The van der Waals surface area contributed by atoms with Crippen molar-refractivity contribution in [3.8, 4) is 0 Å². The fourth-order valence-electron chi connectivity index (χ4n) is 2.31. The molecule has 0 spiro atoms. The van der Waals surface area contributed by atoms with Crippen molar-refractivity contribution in [1.29, 1.82) is 0 Å². The highest BCUT2D eigenvalue weighted by Crippen LogP contribution is 2.28. The zero-order valence-electron chi connectivity index (χ0n) is 9.84. The Balaban J connectivity index is 2.84. The Morgan fingerprint density at radius 2 is 2.06 bits per heavy atom. The molecule has 2 rings (SSSR count). The number of carboxylic acids is 1. The molecule has 0 fully saturated rings. The van der Waals surface area contributed by atoms with Crippen LogP contribution in [0.5, 0.6) is 0 Å². The highest BCUT2D eigenvalue weighted by Gasteiger charge is 2.20. The summed E-state index contributed by atoms with van der Waals surface area (Å²) in [5.74, 6) is -0.928. The number of benzene rings is 1. The number of nitrogens with zero attached hydrogens (tertiary/aromatic N) is 1. The number of hydrogen-bond donors (Lipinski definition) is 2. The summed E-state index contributed by atoms with van der Waals surface area (Å²) in [7, 11) is 0. The van der Waals surface area contributed by atoms with Crippen LogP contribution in [-0.4, -0.2) is 27.4 Å². The summed E-state index contributed by atoms with van der Waals surface area (Å²) in [6, 6.07) is 7.23. The molecule has 0 amide bonds. The minimum absolute atomic E-state index is 0.0153. The average molecular weight is 233 g/mol. The molecule has 2 aromatic rings. The van der Waals surface area contributed by atoms with Gasteiger partial charge in [0.15, 0.2) is 0 Å². The Morgan fingerprint density at radius 3 is 2.65 bits per heavy atom. The lowest BCUT2D eigenvalue weighted by atomic mass is 10.1. The molecule has 0 aliphatic rings. The van der Waals surface area contributed by atoms with Gasteiger partial charge in [-0.05, 0) is 19.9 Å². The smallest absolute Gasteiger partial charge is 0.338 e. The molecule has 1 atom stereocenters. The third kappa shape index (κ3) is 1.70. The van der Waals surface area contributed by atoms with Gasteiger partial charge < -0.3 is 14.8 Å². The fraction of sp³-hybridized carbons (Fsp3) is 0.308. The summed E-state index contributed by atoms with van der Waals surface area (Å²) in [5, 5.41) is 19.2. The molecular formula is C13H15NO3. The first-order valence-corrected chi connectivity index (χ1v) is 5.51. The van der Waals surface area contributed by atoms with E-state index in [2.05, 4.69) is 0 Å². The Labute approximate surface area is 99.1 Å². The highest BCUT2D eigenvalue weighted by molar-refractivity contribution is 6.05. The number of aliphatic hydroxyl groups excluding tert-OH is 1. The van der Waals surface area contributed by atoms with E-state index in [1.165, 1.54) is 0 Å². The maximum atomic E-state index is 11.3. The summed E-state index contributed by atoms with van der Waals surface area (Å²) >= 11 is 0. The van der Waals surface area contributed by atoms with Crippen LogP contribution < -0.4 is 0 Å². The molecule has 0 aliphatic carbocycles. The molecular weight excluding hydrogens is 218 g/mol. The Kier molecular flexibility index (Phi) is 2.90. The summed E-state index contributed by atoms with van der Waals surface area (Å²) in [5.41, 5.74) is 1.85. The summed E-state index contributed by atoms with van der Waals surface area (Å²) < 4.78 is 1.87. The molecule has 1 unspecified atom stereocenters. The van der Waals surface area contributed by atoms with E-state index >= 15 is 0 Å². The molecule has 0 saturated carbocycles. The van der Waals surface area contributed by atoms with E-state index in [9.17, 15) is 15.0 Å². The van der Waals surface area contributed by atoms with Crippen molar-refractivity contribution in [3.05, 3.63) is 35.5 Å². The van der Waals surface area contributed by atoms with Crippen LogP contribution in [0.15, 0.2) is 24.3 Å². The third-order valence-corrected chi connectivity index (χ3v) is 3.07. The first kappa shape index (κ1) is 11.7. The van der Waals surface area contributed by atoms with E-state index < -0.39 is 5.97 Å². The van der Waals surface area contributed by atoms with Crippen molar-refractivity contribution in [3.63, 3.8) is 0 Å². The minimum Gasteiger partial charge on any atom is -0.478 e. The van der Waals surface area contributed by atoms with Crippen LogP contribution in [0, 0.1) is 6.92 Å². The van der Waals surface area contributed by atoms with Crippen molar-refractivity contribution >= 4 is 16.9 Å². The Hall–Kier alpha value is -1.81. The van der Waals surface area contributed by atoms with Gasteiger partial charge in [0.2, 0.25) is 0 Å². The molecule has 90 valence electrons. The molecule has 1 aromatic carbocycles. The number of para-hydroxylation sites is 1. The van der Waals surface area contributed by atoms with E-state index in [4.69, 9.17) is 0 Å². The van der Waals surface area contributed by atoms with Crippen LogP contribution in [0.4, 0.5) is 0 Å². The normalized spacial score (nSPS) is 12.9. The van der Waals surface area contributed by atoms with Gasteiger partial charge in [0.1, 0.15) is 0 Å². The number of fused-ring (bicyclic) bond motifs is 1. The number of carboxylic acid groups (broad SMARTS) is 1. The van der Waals surface area contributed by atoms with Crippen LogP contribution in [0.1, 0.15) is 29.0 Å². The molecule has 0 bridgehead atoms. The molecule has 1 heterocycles. The van der Waals surface area contributed by atoms with Crippen LogP contribution in [-0.2, 0) is 0 Å². The number of aromatic carboxylic acids is 1. The monoisotopic (exact) mass is 233 g/mol. The second-order valence-corrected chi connectivity index (χ2v) is 4.18. The van der Waals surface area contributed by atoms with Crippen molar-refractivity contribution in [2.24, 2.45) is 0 Å². The van der Waals surface area contributed by atoms with Crippen molar-refractivity contribution < 1.29 is 15.0 Å². The molecule has 4 nitrogen and oxygen atoms in total. The standard InChI is InChI=1S/C13H15NO3/c1-8(7-15)14-9(2)12(13(16)17)10-5-3-4-6-11(10)14/h3-6,8,15H,7H2,1-2H3,(H,16,17). The predicted octanol–water partition coefficient (Wildman–Crippen LogP) is 2.20. The highest BCUT2D eigenvalue weighted by atomic mass is 16.4. The largest absolute Gasteiger partial charge is 0.478 e. The van der Waals surface area contributed by atoms with Gasteiger partial charge in [0.05, 0.1) is 18.2 Å². The zero-order valence-corrected chi connectivity index (χ0v) is 9.84. The van der Waals surface area contributed by atoms with Crippen LogP contribution >= 0.6 is 0 Å². The van der Waals surface area contributed by atoms with Crippen LogP contribution in [0.2, 0.25) is 0 Å². The van der Waals surface area contributed by atoms with Crippen LogP contribution in [0.25, 0.3) is 10.9 Å². The quantitative estimate of drug-likeness (QED) is 0.854. The Morgan fingerprint density at radius 1 is 1.41 bits per heavy atom. The summed E-state index contributed by atoms with van der Waals surface area (Å²) in [6.45, 7) is 3.62. The van der Waals surface area contributed by atoms with Gasteiger partial charge in [0, 0.05) is 16.6 Å². The number of aromatic nitrogens is 1. The first-order chi connectivity index (χ1) is 8.07. The van der Waals surface area contributed by atoms with E-state index in [0.717, 1.165) is 10.9 Å². The van der Waals surface area contributed by atoms with Crippen molar-refractivity contribution in [2.75, 3.05) is 6.61 Å². The summed E-state index contributed by atoms with van der Waals surface area (Å²) in [4.78, 5) is 11.3. The second-order valence-electron chi connectivity index (χ2n) is 4.18. The van der Waals surface area contributed by atoms with Crippen LogP contribution in [0.3, 0.4) is 0 Å². The molecule has 0 aliphatic heterocycles. The maximum absolute atomic E-state index is 11.3. The van der Waals surface area contributed by atoms with Gasteiger partial charge in [0.25, 0.3) is 0 Å². The maximum Gasteiger partial charge on any atom is 0.338 e. The third-order valence-electron chi connectivity index (χ3n) is 3.07. The van der Waals surface area contributed by atoms with E-state index in [1.54, 1.807) is 13.0 Å². The van der Waals surface area contributed by atoms with Gasteiger partial charge >= 0.3 is 5.97 Å². The minimum atomic E-state index is -0.928. The van der Waals surface area contributed by atoms with Crippen molar-refractivity contribution in [1.82, 2.24) is 4.57 Å². The average Bonchev–Trinajstić information content (AvgIpc) is 2.60. The molecule has 1 aromatic heterocycles. The van der Waals surface area contributed by atoms with E-state index in [0.29, 0.717) is 11.3 Å². The second kappa shape index (κ2) is 4.22. The van der Waals surface area contributed by atoms with Gasteiger partial charge in [-0.2, -0.15) is 0 Å². The Bertz CT molecular complexity index is 571. The number of aliphatic hydroxyl groups is 1. The number of rotatable bonds is 3. The summed E-state index contributed by atoms with van der Waals surface area (Å²) in [6.07, 6.45) is 0. The van der Waals surface area contributed by atoms with Gasteiger partial charge in [-0.15, -0.1) is 0 Å². The van der Waals surface area contributed by atoms with Crippen molar-refractivity contribution in [2.45, 2.75) is 19.9 Å². The molecule has 2 N–H and O–H groups in total. The lowest BCUT2D eigenvalue weighted by Crippen LogP contribution is -2.11. The van der Waals surface area contributed by atoms with E-state index in [-0.39, 0.29) is 12.6 Å². The molecule has 17 heavy (non-hydrogen) atoms. The van der Waals surface area contributed by atoms with Gasteiger partial charge in [-0.3, -0.25) is 0 Å². The molecule has 4 heteroatoms. The topological polar surface area (TPSA) is 62.5 Å².